The van der Waals surface area contributed by atoms with Gasteiger partial charge >= 0.3 is 0 Å². The molecule has 0 aliphatic carbocycles. The molecule has 0 spiro atoms. The predicted octanol–water partition coefficient (Wildman–Crippen LogP) is 2.04. The van der Waals surface area contributed by atoms with Crippen molar-refractivity contribution in [2.75, 3.05) is 38.6 Å². The Morgan fingerprint density at radius 3 is 2.46 bits per heavy atom. The van der Waals surface area contributed by atoms with E-state index in [0.29, 0.717) is 24.0 Å². The Labute approximate surface area is 148 Å². The quantitative estimate of drug-likeness (QED) is 0.570. The van der Waals surface area contributed by atoms with Crippen molar-refractivity contribution in [2.45, 2.75) is 23.3 Å². The third-order valence-corrected chi connectivity index (χ3v) is 7.04. The highest BCUT2D eigenvalue weighted by molar-refractivity contribution is 7.91. The standard InChI is InChI=1S/C17H22N2O3S2/c20-24(21,16-4-2-1-3-5-16)13-17(11-22-12-17)19-8-6-15(7-9-19)10-18-14-23/h1-5,15H,6-13H2. The van der Waals surface area contributed by atoms with Crippen LogP contribution in [0.25, 0.3) is 0 Å². The first kappa shape index (κ1) is 17.7. The zero-order chi connectivity index (χ0) is 17.0. The normalized spacial score (nSPS) is 21.7. The molecule has 2 heterocycles. The van der Waals surface area contributed by atoms with E-state index >= 15 is 0 Å². The van der Waals surface area contributed by atoms with E-state index < -0.39 is 9.84 Å². The first-order valence-corrected chi connectivity index (χ1v) is 10.3. The summed E-state index contributed by atoms with van der Waals surface area (Å²) in [6.45, 7) is 3.46. The van der Waals surface area contributed by atoms with Crippen LogP contribution >= 0.6 is 12.2 Å². The van der Waals surface area contributed by atoms with Gasteiger partial charge in [-0.1, -0.05) is 18.2 Å². The average molecular weight is 367 g/mol. The fourth-order valence-electron chi connectivity index (χ4n) is 3.52. The maximum Gasteiger partial charge on any atom is 0.180 e. The Morgan fingerprint density at radius 1 is 1.25 bits per heavy atom. The van der Waals surface area contributed by atoms with Crippen molar-refractivity contribution < 1.29 is 13.2 Å². The molecule has 3 rings (SSSR count). The molecule has 0 N–H and O–H groups in total. The van der Waals surface area contributed by atoms with Gasteiger partial charge in [0, 0.05) is 0 Å². The lowest BCUT2D eigenvalue weighted by atomic mass is 9.90. The number of nitrogens with zero attached hydrogens (tertiary/aromatic N) is 2. The number of ether oxygens (including phenoxy) is 1. The fraction of sp³-hybridized carbons (Fsp3) is 0.588. The number of thiocarbonyl (C=S) groups is 1. The minimum absolute atomic E-state index is 0.118. The first-order chi connectivity index (χ1) is 11.6. The van der Waals surface area contributed by atoms with Gasteiger partial charge in [0.05, 0.1) is 41.1 Å². The summed E-state index contributed by atoms with van der Waals surface area (Å²) >= 11 is 4.63. The van der Waals surface area contributed by atoms with Crippen molar-refractivity contribution in [3.63, 3.8) is 0 Å². The summed E-state index contributed by atoms with van der Waals surface area (Å²) in [4.78, 5) is 6.73. The van der Waals surface area contributed by atoms with Crippen LogP contribution in [0.2, 0.25) is 0 Å². The van der Waals surface area contributed by atoms with Gasteiger partial charge in [-0.2, -0.15) is 0 Å². The second-order valence-corrected chi connectivity index (χ2v) is 8.82. The molecular formula is C17H22N2O3S2. The number of rotatable bonds is 6. The molecule has 2 fully saturated rings. The molecule has 7 heteroatoms. The van der Waals surface area contributed by atoms with Gasteiger partial charge < -0.3 is 4.74 Å². The third kappa shape index (κ3) is 3.76. The number of hydrogen-bond acceptors (Lipinski definition) is 6. The number of sulfone groups is 1. The Bertz CT molecular complexity index is 703. The van der Waals surface area contributed by atoms with Crippen LogP contribution in [0.4, 0.5) is 0 Å². The van der Waals surface area contributed by atoms with Crippen molar-refractivity contribution in [3.05, 3.63) is 30.3 Å². The lowest BCUT2D eigenvalue weighted by molar-refractivity contribution is -0.135. The van der Waals surface area contributed by atoms with Gasteiger partial charge in [0.2, 0.25) is 0 Å². The van der Waals surface area contributed by atoms with Crippen LogP contribution in [0, 0.1) is 5.92 Å². The van der Waals surface area contributed by atoms with E-state index in [9.17, 15) is 8.42 Å². The second-order valence-electron chi connectivity index (χ2n) is 6.65. The number of benzene rings is 1. The van der Waals surface area contributed by atoms with Crippen molar-refractivity contribution in [2.24, 2.45) is 10.9 Å². The second kappa shape index (κ2) is 7.42. The number of isothiocyanates is 1. The van der Waals surface area contributed by atoms with E-state index in [0.717, 1.165) is 32.5 Å². The van der Waals surface area contributed by atoms with Crippen molar-refractivity contribution in [3.8, 4) is 0 Å². The molecule has 0 radical (unpaired) electrons. The molecule has 5 nitrogen and oxygen atoms in total. The van der Waals surface area contributed by atoms with Gasteiger partial charge in [-0.05, 0) is 56.2 Å². The van der Waals surface area contributed by atoms with Crippen LogP contribution in [-0.4, -0.2) is 62.6 Å². The molecule has 0 aromatic heterocycles. The van der Waals surface area contributed by atoms with Gasteiger partial charge in [0.15, 0.2) is 9.84 Å². The van der Waals surface area contributed by atoms with Gasteiger partial charge in [-0.25, -0.2) is 13.4 Å². The lowest BCUT2D eigenvalue weighted by Crippen LogP contribution is -2.67. The highest BCUT2D eigenvalue weighted by Gasteiger charge is 2.48. The van der Waals surface area contributed by atoms with Crippen LogP contribution in [0.5, 0.6) is 0 Å². The maximum absolute atomic E-state index is 12.8. The summed E-state index contributed by atoms with van der Waals surface area (Å²) in [6, 6.07) is 8.68. The highest BCUT2D eigenvalue weighted by atomic mass is 32.2. The van der Waals surface area contributed by atoms with Gasteiger partial charge in [0.1, 0.15) is 0 Å². The zero-order valence-corrected chi connectivity index (χ0v) is 15.2. The third-order valence-electron chi connectivity index (χ3n) is 5.00. The van der Waals surface area contributed by atoms with E-state index in [2.05, 4.69) is 27.3 Å². The highest BCUT2D eigenvalue weighted by Crippen LogP contribution is 2.33. The van der Waals surface area contributed by atoms with Crippen molar-refractivity contribution in [1.29, 1.82) is 0 Å². The monoisotopic (exact) mass is 366 g/mol. The Morgan fingerprint density at radius 2 is 1.92 bits per heavy atom. The Balaban J connectivity index is 1.68. The van der Waals surface area contributed by atoms with Crippen molar-refractivity contribution >= 4 is 27.2 Å². The summed E-state index contributed by atoms with van der Waals surface area (Å²) in [5.41, 5.74) is -0.382. The molecular weight excluding hydrogens is 344 g/mol. The minimum atomic E-state index is -3.32. The predicted molar refractivity (Wildman–Crippen MR) is 96.2 cm³/mol. The van der Waals surface area contributed by atoms with Crippen LogP contribution in [-0.2, 0) is 14.6 Å². The minimum Gasteiger partial charge on any atom is -0.377 e. The molecule has 1 aromatic carbocycles. The van der Waals surface area contributed by atoms with E-state index in [1.807, 2.05) is 6.07 Å². The average Bonchev–Trinajstić information content (AvgIpc) is 2.58. The lowest BCUT2D eigenvalue weighted by Gasteiger charge is -2.51. The van der Waals surface area contributed by atoms with Crippen LogP contribution in [0.15, 0.2) is 40.2 Å². The molecule has 0 amide bonds. The summed E-state index contributed by atoms with van der Waals surface area (Å²) in [5, 5.41) is 2.42. The largest absolute Gasteiger partial charge is 0.377 e. The Hall–Kier alpha value is -1.11. The SMILES string of the molecule is O=S(=O)(CC1(N2CCC(CN=C=S)CC2)COC1)c1ccccc1. The van der Waals surface area contributed by atoms with Crippen LogP contribution < -0.4 is 0 Å². The fourth-order valence-corrected chi connectivity index (χ4v) is 5.39. The van der Waals surface area contributed by atoms with Crippen molar-refractivity contribution in [1.82, 2.24) is 4.90 Å². The molecule has 1 aromatic rings. The summed E-state index contributed by atoms with van der Waals surface area (Å²) in [7, 11) is -3.32. The smallest absolute Gasteiger partial charge is 0.180 e. The summed E-state index contributed by atoms with van der Waals surface area (Å²) in [5.74, 6) is 0.632. The molecule has 0 unspecified atom stereocenters. The molecule has 2 aliphatic heterocycles. The summed E-state index contributed by atoms with van der Waals surface area (Å²) < 4.78 is 31.0. The summed E-state index contributed by atoms with van der Waals surface area (Å²) in [6.07, 6.45) is 2.02. The van der Waals surface area contributed by atoms with Crippen LogP contribution in [0.3, 0.4) is 0 Å². The number of hydrogen-bond donors (Lipinski definition) is 0. The molecule has 24 heavy (non-hydrogen) atoms. The van der Waals surface area contributed by atoms with Gasteiger partial charge in [-0.3, -0.25) is 4.90 Å². The number of piperidine rings is 1. The first-order valence-electron chi connectivity index (χ1n) is 8.20. The maximum atomic E-state index is 12.8. The van der Waals surface area contributed by atoms with E-state index in [4.69, 9.17) is 4.74 Å². The molecule has 2 aliphatic rings. The topological polar surface area (TPSA) is 59.0 Å². The number of likely N-dealkylation sites (tertiary alicyclic amines) is 1. The molecule has 2 saturated heterocycles. The molecule has 130 valence electrons. The van der Waals surface area contributed by atoms with E-state index in [-0.39, 0.29) is 11.3 Å². The van der Waals surface area contributed by atoms with Gasteiger partial charge in [0.25, 0.3) is 0 Å². The molecule has 0 bridgehead atoms. The molecule has 0 saturated carbocycles. The van der Waals surface area contributed by atoms with E-state index in [1.54, 1.807) is 24.3 Å². The number of aliphatic imine (C=N–C) groups is 1. The zero-order valence-electron chi connectivity index (χ0n) is 13.6. The molecule has 0 atom stereocenters. The van der Waals surface area contributed by atoms with Crippen LogP contribution in [0.1, 0.15) is 12.8 Å². The Kier molecular flexibility index (Phi) is 5.47. The van der Waals surface area contributed by atoms with E-state index in [1.165, 1.54) is 0 Å². The van der Waals surface area contributed by atoms with Gasteiger partial charge in [-0.15, -0.1) is 0 Å².